The van der Waals surface area contributed by atoms with Crippen LogP contribution in [0.3, 0.4) is 0 Å². The van der Waals surface area contributed by atoms with E-state index in [1.54, 1.807) is 19.3 Å². The Morgan fingerprint density at radius 1 is 1.61 bits per heavy atom. The van der Waals surface area contributed by atoms with E-state index in [0.717, 1.165) is 0 Å². The average molecular weight is 271 g/mol. The lowest BCUT2D eigenvalue weighted by Gasteiger charge is -2.18. The molecular weight excluding hydrogens is 254 g/mol. The van der Waals surface area contributed by atoms with Crippen molar-refractivity contribution in [2.75, 3.05) is 32.1 Å². The molecule has 2 rings (SSSR count). The first-order chi connectivity index (χ1) is 8.59. The fourth-order valence-electron chi connectivity index (χ4n) is 2.10. The summed E-state index contributed by atoms with van der Waals surface area (Å²) < 4.78 is 26.3. The highest BCUT2D eigenvalue weighted by atomic mass is 32.2. The Morgan fingerprint density at radius 3 is 3.00 bits per heavy atom. The van der Waals surface area contributed by atoms with Gasteiger partial charge in [0.2, 0.25) is 10.0 Å². The first-order valence-corrected chi connectivity index (χ1v) is 7.26. The van der Waals surface area contributed by atoms with Crippen molar-refractivity contribution < 1.29 is 13.5 Å². The molecule has 0 saturated carbocycles. The minimum Gasteiger partial charge on any atom is -0.396 e. The van der Waals surface area contributed by atoms with Crippen LogP contribution in [-0.2, 0) is 10.0 Å². The highest BCUT2D eigenvalue weighted by Gasteiger charge is 2.33. The molecule has 0 aliphatic carbocycles. The second kappa shape index (κ2) is 5.21. The van der Waals surface area contributed by atoms with Crippen molar-refractivity contribution in [3.05, 3.63) is 18.5 Å². The number of aliphatic hydroxyl groups excluding tert-OH is 1. The summed E-state index contributed by atoms with van der Waals surface area (Å²) in [5.74, 6) is 0.0366. The number of anilines is 1. The van der Waals surface area contributed by atoms with Crippen molar-refractivity contribution in [3.63, 3.8) is 0 Å². The van der Waals surface area contributed by atoms with Gasteiger partial charge < -0.3 is 10.4 Å². The van der Waals surface area contributed by atoms with E-state index in [-0.39, 0.29) is 17.4 Å². The Bertz CT molecular complexity index is 518. The summed E-state index contributed by atoms with van der Waals surface area (Å²) in [4.78, 5) is 4.06. The first kappa shape index (κ1) is 13.3. The minimum absolute atomic E-state index is 0.0257. The van der Waals surface area contributed by atoms with E-state index in [9.17, 15) is 8.42 Å². The molecule has 1 saturated heterocycles. The van der Waals surface area contributed by atoms with Crippen LogP contribution in [0.15, 0.2) is 23.4 Å². The summed E-state index contributed by atoms with van der Waals surface area (Å²) in [5.41, 5.74) is 0.539. The van der Waals surface area contributed by atoms with Gasteiger partial charge in [0, 0.05) is 39.1 Å². The van der Waals surface area contributed by atoms with Gasteiger partial charge in [-0.3, -0.25) is 4.98 Å². The molecule has 2 heterocycles. The molecule has 1 unspecified atom stereocenters. The topological polar surface area (TPSA) is 82.5 Å². The third-order valence-electron chi connectivity index (χ3n) is 3.18. The average Bonchev–Trinajstić information content (AvgIpc) is 2.88. The second-order valence-electron chi connectivity index (χ2n) is 4.32. The van der Waals surface area contributed by atoms with Crippen LogP contribution in [0.5, 0.6) is 0 Å². The molecule has 0 radical (unpaired) electrons. The third kappa shape index (κ3) is 2.33. The van der Waals surface area contributed by atoms with E-state index in [1.165, 1.54) is 10.5 Å². The number of rotatable bonds is 4. The molecule has 2 N–H and O–H groups in total. The van der Waals surface area contributed by atoms with E-state index < -0.39 is 10.0 Å². The number of hydrogen-bond donors (Lipinski definition) is 2. The Balaban J connectivity index is 2.31. The zero-order valence-electron chi connectivity index (χ0n) is 10.2. The van der Waals surface area contributed by atoms with Gasteiger partial charge in [-0.2, -0.15) is 4.31 Å². The Labute approximate surface area is 107 Å². The van der Waals surface area contributed by atoms with E-state index in [2.05, 4.69) is 10.3 Å². The van der Waals surface area contributed by atoms with Crippen LogP contribution >= 0.6 is 0 Å². The summed E-state index contributed by atoms with van der Waals surface area (Å²) >= 11 is 0. The molecule has 0 amide bonds. The zero-order chi connectivity index (χ0) is 13.2. The summed E-state index contributed by atoms with van der Waals surface area (Å²) in [6, 6.07) is 1.63. The quantitative estimate of drug-likeness (QED) is 0.813. The van der Waals surface area contributed by atoms with Gasteiger partial charge in [-0.1, -0.05) is 0 Å². The van der Waals surface area contributed by atoms with Gasteiger partial charge >= 0.3 is 0 Å². The Morgan fingerprint density at radius 2 is 2.39 bits per heavy atom. The molecule has 1 aromatic rings. The maximum Gasteiger partial charge on any atom is 0.246 e. The number of pyridine rings is 1. The highest BCUT2D eigenvalue weighted by molar-refractivity contribution is 7.89. The molecule has 7 heteroatoms. The summed E-state index contributed by atoms with van der Waals surface area (Å²) in [6.07, 6.45) is 3.60. The fourth-order valence-corrected chi connectivity index (χ4v) is 3.77. The van der Waals surface area contributed by atoms with Gasteiger partial charge in [-0.15, -0.1) is 0 Å². The summed E-state index contributed by atoms with van der Waals surface area (Å²) in [7, 11) is -1.85. The van der Waals surface area contributed by atoms with Gasteiger partial charge in [0.05, 0.1) is 5.69 Å². The smallest absolute Gasteiger partial charge is 0.246 e. The van der Waals surface area contributed by atoms with Crippen LogP contribution in [0, 0.1) is 5.92 Å². The first-order valence-electron chi connectivity index (χ1n) is 5.82. The van der Waals surface area contributed by atoms with Crippen molar-refractivity contribution in [2.24, 2.45) is 5.92 Å². The molecular formula is C11H17N3O3S. The lowest BCUT2D eigenvalue weighted by atomic mass is 10.1. The lowest BCUT2D eigenvalue weighted by molar-refractivity contribution is 0.233. The molecule has 1 aliphatic heterocycles. The predicted molar refractivity (Wildman–Crippen MR) is 67.7 cm³/mol. The Kier molecular flexibility index (Phi) is 3.84. The number of nitrogens with zero attached hydrogens (tertiary/aromatic N) is 2. The second-order valence-corrected chi connectivity index (χ2v) is 6.23. The largest absolute Gasteiger partial charge is 0.396 e. The normalized spacial score (nSPS) is 21.1. The van der Waals surface area contributed by atoms with E-state index in [4.69, 9.17) is 5.11 Å². The zero-order valence-corrected chi connectivity index (χ0v) is 11.0. The van der Waals surface area contributed by atoms with Crippen molar-refractivity contribution in [1.82, 2.24) is 9.29 Å². The summed E-state index contributed by atoms with van der Waals surface area (Å²) in [6.45, 7) is 0.848. The number of nitrogens with one attached hydrogen (secondary N) is 1. The van der Waals surface area contributed by atoms with E-state index in [1.807, 2.05) is 0 Å². The predicted octanol–water partition coefficient (Wildman–Crippen LogP) is 0.126. The number of hydrogen-bond acceptors (Lipinski definition) is 5. The molecule has 0 aromatic carbocycles. The minimum atomic E-state index is -3.53. The standard InChI is InChI=1S/C11H17N3O3S/c1-12-10-2-4-13-6-11(10)18(16,17)14-5-3-9(7-14)8-15/h2,4,6,9,15H,3,5,7-8H2,1H3,(H,12,13). The number of aromatic nitrogens is 1. The lowest BCUT2D eigenvalue weighted by Crippen LogP contribution is -2.30. The van der Waals surface area contributed by atoms with Crippen LogP contribution < -0.4 is 5.32 Å². The highest BCUT2D eigenvalue weighted by Crippen LogP contribution is 2.27. The van der Waals surface area contributed by atoms with Crippen molar-refractivity contribution in [3.8, 4) is 0 Å². The fraction of sp³-hybridized carbons (Fsp3) is 0.545. The molecule has 1 aliphatic rings. The van der Waals surface area contributed by atoms with E-state index >= 15 is 0 Å². The van der Waals surface area contributed by atoms with Gasteiger partial charge in [-0.25, -0.2) is 8.42 Å². The molecule has 0 spiro atoms. The van der Waals surface area contributed by atoms with Crippen LogP contribution in [0.1, 0.15) is 6.42 Å². The van der Waals surface area contributed by atoms with Crippen LogP contribution in [0.2, 0.25) is 0 Å². The molecule has 1 aromatic heterocycles. The number of aliphatic hydroxyl groups is 1. The van der Waals surface area contributed by atoms with Crippen LogP contribution in [0.4, 0.5) is 5.69 Å². The molecule has 18 heavy (non-hydrogen) atoms. The van der Waals surface area contributed by atoms with Gasteiger partial charge in [0.1, 0.15) is 4.90 Å². The van der Waals surface area contributed by atoms with Crippen molar-refractivity contribution in [1.29, 1.82) is 0 Å². The summed E-state index contributed by atoms with van der Waals surface area (Å²) in [5, 5.41) is 11.9. The molecule has 0 bridgehead atoms. The molecule has 6 nitrogen and oxygen atoms in total. The maximum absolute atomic E-state index is 12.4. The van der Waals surface area contributed by atoms with Gasteiger partial charge in [0.25, 0.3) is 0 Å². The van der Waals surface area contributed by atoms with Gasteiger partial charge in [0.15, 0.2) is 0 Å². The van der Waals surface area contributed by atoms with Crippen LogP contribution in [0.25, 0.3) is 0 Å². The Hall–Kier alpha value is -1.18. The van der Waals surface area contributed by atoms with E-state index in [0.29, 0.717) is 25.2 Å². The van der Waals surface area contributed by atoms with Crippen LogP contribution in [-0.4, -0.2) is 49.6 Å². The van der Waals surface area contributed by atoms with Crippen molar-refractivity contribution in [2.45, 2.75) is 11.3 Å². The molecule has 1 fully saturated rings. The third-order valence-corrected chi connectivity index (χ3v) is 5.07. The van der Waals surface area contributed by atoms with Gasteiger partial charge in [-0.05, 0) is 18.4 Å². The molecule has 100 valence electrons. The number of sulfonamides is 1. The monoisotopic (exact) mass is 271 g/mol. The van der Waals surface area contributed by atoms with Crippen molar-refractivity contribution >= 4 is 15.7 Å². The molecule has 1 atom stereocenters. The maximum atomic E-state index is 12.4. The SMILES string of the molecule is CNc1ccncc1S(=O)(=O)N1CCC(CO)C1.